The molecule has 0 fully saturated rings. The Morgan fingerprint density at radius 2 is 1.92 bits per heavy atom. The summed E-state index contributed by atoms with van der Waals surface area (Å²) in [4.78, 5) is 0. The van der Waals surface area contributed by atoms with Crippen LogP contribution in [0.25, 0.3) is 6.08 Å². The fraction of sp³-hybridized carbons (Fsp3) is 0.273. The van der Waals surface area contributed by atoms with E-state index in [1.54, 1.807) is 5.20 Å². The Bertz CT molecular complexity index is 324. The first-order valence-electron chi connectivity index (χ1n) is 4.36. The summed E-state index contributed by atoms with van der Waals surface area (Å²) in [5.41, 5.74) is 2.96. The highest BCUT2D eigenvalue weighted by atomic mass is 28.3. The summed E-state index contributed by atoms with van der Waals surface area (Å²) < 4.78 is 0. The van der Waals surface area contributed by atoms with E-state index >= 15 is 0 Å². The predicted molar refractivity (Wildman–Crippen MR) is 55.6 cm³/mol. The van der Waals surface area contributed by atoms with Gasteiger partial charge in [0.2, 0.25) is 0 Å². The average molecular weight is 173 g/mol. The van der Waals surface area contributed by atoms with Gasteiger partial charge >= 0.3 is 0 Å². The highest BCUT2D eigenvalue weighted by molar-refractivity contribution is 6.65. The first-order chi connectivity index (χ1) is 5.77. The molecule has 1 aromatic rings. The fourth-order valence-electron chi connectivity index (χ4n) is 1.60. The normalized spacial score (nSPS) is 14.8. The zero-order chi connectivity index (χ0) is 8.55. The van der Waals surface area contributed by atoms with Crippen LogP contribution in [0.4, 0.5) is 0 Å². The molecule has 1 radical (unpaired) electrons. The number of hydrogen-bond donors (Lipinski definition) is 0. The van der Waals surface area contributed by atoms with Crippen LogP contribution >= 0.6 is 0 Å². The van der Waals surface area contributed by atoms with Gasteiger partial charge in [-0.05, 0) is 17.5 Å². The van der Waals surface area contributed by atoms with Crippen molar-refractivity contribution in [1.29, 1.82) is 0 Å². The summed E-state index contributed by atoms with van der Waals surface area (Å²) in [5.74, 6) is 0. The van der Waals surface area contributed by atoms with Crippen LogP contribution in [0.2, 0.25) is 13.1 Å². The summed E-state index contributed by atoms with van der Waals surface area (Å²) >= 11 is 0. The molecule has 0 atom stereocenters. The quantitative estimate of drug-likeness (QED) is 0.573. The van der Waals surface area contributed by atoms with Crippen molar-refractivity contribution in [2.45, 2.75) is 19.5 Å². The van der Waals surface area contributed by atoms with Crippen molar-refractivity contribution in [2.24, 2.45) is 0 Å². The molecule has 2 rings (SSSR count). The molecular weight excluding hydrogens is 160 g/mol. The van der Waals surface area contributed by atoms with Crippen molar-refractivity contribution in [3.63, 3.8) is 0 Å². The maximum absolute atomic E-state index is 2.38. The Kier molecular flexibility index (Phi) is 1.89. The van der Waals surface area contributed by atoms with Crippen LogP contribution in [0.1, 0.15) is 11.1 Å². The molecule has 0 heterocycles. The molecule has 1 heteroatoms. The molecule has 0 spiro atoms. The van der Waals surface area contributed by atoms with Gasteiger partial charge in [-0.2, -0.15) is 0 Å². The number of hydrogen-bond acceptors (Lipinski definition) is 0. The van der Waals surface area contributed by atoms with E-state index in [0.29, 0.717) is 0 Å². The van der Waals surface area contributed by atoms with Gasteiger partial charge in [-0.3, -0.25) is 0 Å². The molecule has 12 heavy (non-hydrogen) atoms. The smallest absolute Gasteiger partial charge is 0.0741 e. The third kappa shape index (κ3) is 1.25. The first-order valence-corrected chi connectivity index (χ1v) is 6.86. The van der Waals surface area contributed by atoms with Gasteiger partial charge in [0.05, 0.1) is 8.80 Å². The first kappa shape index (κ1) is 7.81. The molecule has 0 aliphatic heterocycles. The lowest BCUT2D eigenvalue weighted by Gasteiger charge is -2.02. The lowest BCUT2D eigenvalue weighted by atomic mass is 10.1. The van der Waals surface area contributed by atoms with E-state index in [1.165, 1.54) is 17.5 Å². The summed E-state index contributed by atoms with van der Waals surface area (Å²) in [6.07, 6.45) is 3.58. The summed E-state index contributed by atoms with van der Waals surface area (Å²) in [6.45, 7) is 4.73. The van der Waals surface area contributed by atoms with Crippen molar-refractivity contribution in [3.05, 3.63) is 40.6 Å². The second kappa shape index (κ2) is 2.90. The Morgan fingerprint density at radius 1 is 1.17 bits per heavy atom. The van der Waals surface area contributed by atoms with E-state index in [9.17, 15) is 0 Å². The van der Waals surface area contributed by atoms with Crippen molar-refractivity contribution in [1.82, 2.24) is 0 Å². The second-order valence-electron chi connectivity index (χ2n) is 3.55. The summed E-state index contributed by atoms with van der Waals surface area (Å²) in [7, 11) is -0.218. The van der Waals surface area contributed by atoms with Crippen LogP contribution in [0.5, 0.6) is 0 Å². The van der Waals surface area contributed by atoms with E-state index in [1.807, 2.05) is 0 Å². The Labute approximate surface area is 75.5 Å². The van der Waals surface area contributed by atoms with Crippen LogP contribution in [0.3, 0.4) is 0 Å². The standard InChI is InChI=1S/C11H13Si/c1-12(2)11-7-9-5-3-4-6-10(9)8-11/h3-7H,8H2,1-2H3. The van der Waals surface area contributed by atoms with Gasteiger partial charge in [-0.15, -0.1) is 0 Å². The highest BCUT2D eigenvalue weighted by Gasteiger charge is 2.14. The molecule has 0 amide bonds. The van der Waals surface area contributed by atoms with Gasteiger partial charge < -0.3 is 0 Å². The molecular formula is C11H13Si. The maximum atomic E-state index is 2.38. The Balaban J connectivity index is 2.35. The summed E-state index contributed by atoms with van der Waals surface area (Å²) in [5, 5.41) is 1.67. The lowest BCUT2D eigenvalue weighted by Crippen LogP contribution is -2.04. The summed E-state index contributed by atoms with van der Waals surface area (Å²) in [6, 6.07) is 8.71. The molecule has 0 unspecified atom stereocenters. The Morgan fingerprint density at radius 3 is 2.58 bits per heavy atom. The highest BCUT2D eigenvalue weighted by Crippen LogP contribution is 2.25. The predicted octanol–water partition coefficient (Wildman–Crippen LogP) is 2.92. The number of fused-ring (bicyclic) bond motifs is 1. The van der Waals surface area contributed by atoms with Crippen molar-refractivity contribution in [3.8, 4) is 0 Å². The maximum Gasteiger partial charge on any atom is 0.0741 e. The third-order valence-electron chi connectivity index (χ3n) is 2.41. The molecule has 0 saturated heterocycles. The molecule has 1 aromatic carbocycles. The molecule has 0 aromatic heterocycles. The lowest BCUT2D eigenvalue weighted by molar-refractivity contribution is 1.27. The molecule has 1 aliphatic rings. The van der Waals surface area contributed by atoms with Gasteiger partial charge in [0.25, 0.3) is 0 Å². The third-order valence-corrected chi connectivity index (χ3v) is 4.01. The van der Waals surface area contributed by atoms with E-state index in [0.717, 1.165) is 0 Å². The van der Waals surface area contributed by atoms with Crippen molar-refractivity contribution >= 4 is 14.9 Å². The van der Waals surface area contributed by atoms with E-state index < -0.39 is 0 Å². The van der Waals surface area contributed by atoms with E-state index in [4.69, 9.17) is 0 Å². The molecule has 0 bridgehead atoms. The van der Waals surface area contributed by atoms with Crippen LogP contribution in [0, 0.1) is 0 Å². The number of rotatable bonds is 1. The van der Waals surface area contributed by atoms with Gasteiger partial charge in [0.1, 0.15) is 0 Å². The van der Waals surface area contributed by atoms with Gasteiger partial charge in [-0.1, -0.05) is 48.6 Å². The van der Waals surface area contributed by atoms with Gasteiger partial charge in [-0.25, -0.2) is 0 Å². The van der Waals surface area contributed by atoms with E-state index in [-0.39, 0.29) is 8.80 Å². The zero-order valence-corrected chi connectivity index (χ0v) is 8.59. The van der Waals surface area contributed by atoms with Crippen molar-refractivity contribution < 1.29 is 0 Å². The number of benzene rings is 1. The minimum Gasteiger partial charge on any atom is -0.0782 e. The molecule has 1 aliphatic carbocycles. The van der Waals surface area contributed by atoms with Gasteiger partial charge in [0.15, 0.2) is 0 Å². The molecule has 0 saturated carbocycles. The average Bonchev–Trinajstić information content (AvgIpc) is 2.46. The van der Waals surface area contributed by atoms with Crippen LogP contribution < -0.4 is 0 Å². The fourth-order valence-corrected chi connectivity index (χ4v) is 2.59. The molecule has 61 valence electrons. The topological polar surface area (TPSA) is 0 Å². The monoisotopic (exact) mass is 173 g/mol. The van der Waals surface area contributed by atoms with Crippen LogP contribution in [-0.4, -0.2) is 8.80 Å². The second-order valence-corrected chi connectivity index (χ2v) is 6.19. The minimum absolute atomic E-state index is 0.218. The zero-order valence-electron chi connectivity index (χ0n) is 7.59. The van der Waals surface area contributed by atoms with Crippen molar-refractivity contribution in [2.75, 3.05) is 0 Å². The van der Waals surface area contributed by atoms with Crippen LogP contribution in [0.15, 0.2) is 29.5 Å². The molecule has 0 N–H and O–H groups in total. The minimum atomic E-state index is -0.218. The number of allylic oxidation sites excluding steroid dienone is 1. The van der Waals surface area contributed by atoms with Crippen LogP contribution in [-0.2, 0) is 6.42 Å². The molecule has 0 nitrogen and oxygen atoms in total. The van der Waals surface area contributed by atoms with Gasteiger partial charge in [0, 0.05) is 0 Å². The van der Waals surface area contributed by atoms with E-state index in [2.05, 4.69) is 43.4 Å². The SMILES string of the molecule is C[Si](C)C1=Cc2ccccc2C1. The Hall–Kier alpha value is -0.823. The largest absolute Gasteiger partial charge is 0.0782 e.